The third-order valence-corrected chi connectivity index (χ3v) is 4.62. The summed E-state index contributed by atoms with van der Waals surface area (Å²) in [6.45, 7) is 0. The fourth-order valence-electron chi connectivity index (χ4n) is 3.12. The molecule has 2 unspecified atom stereocenters. The summed E-state index contributed by atoms with van der Waals surface area (Å²) in [6, 6.07) is 12.7. The maximum absolute atomic E-state index is 13.2. The van der Waals surface area contributed by atoms with Crippen LogP contribution < -0.4 is 9.42 Å². The monoisotopic (exact) mass is 361 g/mol. The Labute approximate surface area is 146 Å². The first-order valence-electron chi connectivity index (χ1n) is 7.78. The van der Waals surface area contributed by atoms with Gasteiger partial charge in [-0.05, 0) is 48.4 Å². The molecule has 1 fully saturated rings. The Hall–Kier alpha value is -2.46. The molecule has 0 saturated carbocycles. The average Bonchev–Trinajstić information content (AvgIpc) is 2.61. The number of benzene rings is 2. The number of carboxylic acid groups (broad SMARTS) is 1. The van der Waals surface area contributed by atoms with Gasteiger partial charge in [-0.3, -0.25) is 9.59 Å². The summed E-state index contributed by atoms with van der Waals surface area (Å²) >= 11 is 0. The molecule has 3 atom stereocenters. The normalized spacial score (nSPS) is 19.4. The van der Waals surface area contributed by atoms with E-state index >= 15 is 0 Å². The second kappa shape index (κ2) is 7.19. The molecule has 1 heterocycles. The molecule has 5 nitrogen and oxygen atoms in total. The van der Waals surface area contributed by atoms with E-state index in [-0.39, 0.29) is 30.6 Å². The molecule has 3 rings (SSSR count). The van der Waals surface area contributed by atoms with E-state index in [1.807, 2.05) is 12.1 Å². The zero-order chi connectivity index (χ0) is 18.0. The molecule has 0 radical (unpaired) electrons. The van der Waals surface area contributed by atoms with Gasteiger partial charge in [0.25, 0.3) is 0 Å². The molecule has 25 heavy (non-hydrogen) atoms. The Morgan fingerprint density at radius 1 is 1.16 bits per heavy atom. The summed E-state index contributed by atoms with van der Waals surface area (Å²) in [7, 11) is 2.16. The van der Waals surface area contributed by atoms with Crippen LogP contribution in [0.25, 0.3) is 0 Å². The highest BCUT2D eigenvalue weighted by Crippen LogP contribution is 2.45. The van der Waals surface area contributed by atoms with Gasteiger partial charge in [0.2, 0.25) is 5.91 Å². The minimum atomic E-state index is -0.932. The Balaban J connectivity index is 1.91. The number of amides is 1. The van der Waals surface area contributed by atoms with Crippen LogP contribution >= 0.6 is 9.47 Å². The molecule has 0 bridgehead atoms. The van der Waals surface area contributed by atoms with Crippen LogP contribution in [0, 0.1) is 11.7 Å². The van der Waals surface area contributed by atoms with Crippen LogP contribution in [0.3, 0.4) is 0 Å². The lowest BCUT2D eigenvalue weighted by Gasteiger charge is -2.47. The Morgan fingerprint density at radius 2 is 1.80 bits per heavy atom. The van der Waals surface area contributed by atoms with Gasteiger partial charge >= 0.3 is 5.97 Å². The van der Waals surface area contributed by atoms with Crippen molar-refractivity contribution in [3.63, 3.8) is 0 Å². The van der Waals surface area contributed by atoms with E-state index in [1.165, 1.54) is 12.1 Å². The van der Waals surface area contributed by atoms with Crippen LogP contribution in [0.15, 0.2) is 48.5 Å². The van der Waals surface area contributed by atoms with E-state index in [4.69, 9.17) is 9.63 Å². The van der Waals surface area contributed by atoms with E-state index in [0.29, 0.717) is 11.4 Å². The quantitative estimate of drug-likeness (QED) is 0.631. The second-order valence-electron chi connectivity index (χ2n) is 5.86. The van der Waals surface area contributed by atoms with Gasteiger partial charge in [0.1, 0.15) is 11.6 Å². The van der Waals surface area contributed by atoms with Crippen molar-refractivity contribution < 1.29 is 23.6 Å². The zero-order valence-electron chi connectivity index (χ0n) is 13.3. The van der Waals surface area contributed by atoms with Gasteiger partial charge in [-0.25, -0.2) is 4.39 Å². The Morgan fingerprint density at radius 3 is 2.36 bits per heavy atom. The van der Waals surface area contributed by atoms with E-state index in [2.05, 4.69) is 9.47 Å². The van der Waals surface area contributed by atoms with Gasteiger partial charge in [0, 0.05) is 12.1 Å². The minimum Gasteiger partial charge on any atom is -0.481 e. The van der Waals surface area contributed by atoms with Gasteiger partial charge in [-0.2, -0.15) is 0 Å². The molecule has 0 aliphatic carbocycles. The lowest BCUT2D eigenvalue weighted by molar-refractivity contribution is -0.138. The number of hydrogen-bond acceptors (Lipinski definition) is 3. The van der Waals surface area contributed by atoms with Gasteiger partial charge in [0.15, 0.2) is 0 Å². The van der Waals surface area contributed by atoms with Crippen LogP contribution in [0.4, 0.5) is 10.1 Å². The summed E-state index contributed by atoms with van der Waals surface area (Å²) in [5.74, 6) is -1.21. The first-order chi connectivity index (χ1) is 12.0. The molecule has 1 amide bonds. The first kappa shape index (κ1) is 17.4. The predicted molar refractivity (Wildman–Crippen MR) is 93.8 cm³/mol. The number of carbonyl (C=O) groups excluding carboxylic acids is 1. The summed E-state index contributed by atoms with van der Waals surface area (Å²) in [5, 5.41) is 8.92. The average molecular weight is 361 g/mol. The van der Waals surface area contributed by atoms with Crippen LogP contribution in [-0.4, -0.2) is 17.0 Å². The van der Waals surface area contributed by atoms with Crippen LogP contribution in [0.5, 0.6) is 5.75 Å². The van der Waals surface area contributed by atoms with Crippen molar-refractivity contribution in [2.24, 2.45) is 5.92 Å². The molecule has 1 saturated heterocycles. The summed E-state index contributed by atoms with van der Waals surface area (Å²) in [6.07, 6.45) is 0.190. The summed E-state index contributed by atoms with van der Waals surface area (Å²) in [5.41, 5.74) is 1.47. The molecular formula is C18H17FNO4P. The highest BCUT2D eigenvalue weighted by Gasteiger charge is 2.48. The van der Waals surface area contributed by atoms with Crippen molar-refractivity contribution in [3.05, 3.63) is 59.9 Å². The largest absolute Gasteiger partial charge is 0.481 e. The van der Waals surface area contributed by atoms with E-state index < -0.39 is 11.9 Å². The Kier molecular flexibility index (Phi) is 5.00. The first-order valence-corrected chi connectivity index (χ1v) is 8.25. The second-order valence-corrected chi connectivity index (χ2v) is 6.09. The van der Waals surface area contributed by atoms with Crippen molar-refractivity contribution in [1.82, 2.24) is 0 Å². The third kappa shape index (κ3) is 3.49. The van der Waals surface area contributed by atoms with Gasteiger partial charge in [0.05, 0.1) is 21.4 Å². The highest BCUT2D eigenvalue weighted by molar-refractivity contribution is 7.10. The van der Waals surface area contributed by atoms with Crippen molar-refractivity contribution in [1.29, 1.82) is 0 Å². The maximum Gasteiger partial charge on any atom is 0.303 e. The number of rotatable bonds is 6. The molecule has 2 aromatic carbocycles. The van der Waals surface area contributed by atoms with Crippen LogP contribution in [0.2, 0.25) is 0 Å². The number of β-lactam (4-membered cyclic amide) rings is 1. The number of nitrogens with zero attached hydrogens (tertiary/aromatic N) is 1. The molecule has 0 spiro atoms. The predicted octanol–water partition coefficient (Wildman–Crippen LogP) is 3.56. The van der Waals surface area contributed by atoms with E-state index in [1.54, 1.807) is 29.2 Å². The molecule has 1 aliphatic rings. The van der Waals surface area contributed by atoms with Crippen molar-refractivity contribution in [2.75, 3.05) is 4.90 Å². The molecular weight excluding hydrogens is 344 g/mol. The summed E-state index contributed by atoms with van der Waals surface area (Å²) < 4.78 is 18.2. The fourth-order valence-corrected chi connectivity index (χ4v) is 3.28. The lowest BCUT2D eigenvalue weighted by atomic mass is 9.79. The topological polar surface area (TPSA) is 66.8 Å². The lowest BCUT2D eigenvalue weighted by Crippen LogP contribution is -2.55. The number of hydrogen-bond donors (Lipinski definition) is 1. The smallest absolute Gasteiger partial charge is 0.303 e. The van der Waals surface area contributed by atoms with Gasteiger partial charge < -0.3 is 14.5 Å². The molecule has 7 heteroatoms. The Bertz CT molecular complexity index is 779. The van der Waals surface area contributed by atoms with Gasteiger partial charge in [-0.1, -0.05) is 12.1 Å². The molecule has 1 aliphatic heterocycles. The third-order valence-electron chi connectivity index (χ3n) is 4.35. The van der Waals surface area contributed by atoms with Gasteiger partial charge in [-0.15, -0.1) is 0 Å². The summed E-state index contributed by atoms with van der Waals surface area (Å²) in [4.78, 5) is 25.0. The zero-order valence-corrected chi connectivity index (χ0v) is 14.4. The van der Waals surface area contributed by atoms with Crippen molar-refractivity contribution in [2.45, 2.75) is 18.9 Å². The molecule has 130 valence electrons. The number of anilines is 1. The molecule has 2 aromatic rings. The fraction of sp³-hybridized carbons (Fsp3) is 0.222. The van der Waals surface area contributed by atoms with E-state index in [9.17, 15) is 14.0 Å². The number of carbonyl (C=O) groups is 2. The molecule has 1 N–H and O–H groups in total. The number of halogens is 1. The van der Waals surface area contributed by atoms with Crippen molar-refractivity contribution >= 4 is 27.0 Å². The SMILES string of the molecule is O=C(O)CCC1C(=O)N(c2ccc(F)cc2)[C@@H]1c1ccc(OP)cc1. The van der Waals surface area contributed by atoms with Crippen molar-refractivity contribution in [3.8, 4) is 5.75 Å². The minimum absolute atomic E-state index is 0.0725. The standard InChI is InChI=1S/C18H17FNO4P/c19-12-3-5-13(6-4-12)20-17(11-1-7-14(24-25)8-2-11)15(18(20)23)9-10-16(21)22/h1-8,15,17H,9-10,25H2,(H,21,22)/t15?,17-/m1/s1. The highest BCUT2D eigenvalue weighted by atomic mass is 31.0. The van der Waals surface area contributed by atoms with Crippen LogP contribution in [0.1, 0.15) is 24.4 Å². The van der Waals surface area contributed by atoms with Crippen LogP contribution in [-0.2, 0) is 9.59 Å². The number of aliphatic carboxylic acids is 1. The number of carboxylic acids is 1. The molecule has 0 aromatic heterocycles. The van der Waals surface area contributed by atoms with E-state index in [0.717, 1.165) is 5.56 Å². The maximum atomic E-state index is 13.2.